The molecule has 102 valence electrons. The van der Waals surface area contributed by atoms with Crippen molar-refractivity contribution in [2.75, 3.05) is 11.9 Å². The number of nitrogens with one attached hydrogen (secondary N) is 1. The number of nitrogens with zero attached hydrogens (tertiary/aromatic N) is 1. The summed E-state index contributed by atoms with van der Waals surface area (Å²) in [6.07, 6.45) is 0. The van der Waals surface area contributed by atoms with Crippen LogP contribution in [0.15, 0.2) is 48.5 Å². The zero-order valence-corrected chi connectivity index (χ0v) is 11.9. The second-order valence-corrected chi connectivity index (χ2v) is 5.21. The summed E-state index contributed by atoms with van der Waals surface area (Å²) in [7, 11) is 0. The third kappa shape index (κ3) is 3.30. The molecule has 2 aromatic carbocycles. The van der Waals surface area contributed by atoms with E-state index in [1.807, 2.05) is 36.4 Å². The highest BCUT2D eigenvalue weighted by atomic mass is 35.5. The number of halogens is 1. The lowest BCUT2D eigenvalue weighted by atomic mass is 9.96. The summed E-state index contributed by atoms with van der Waals surface area (Å²) in [5.74, 6) is 0. The predicted molar refractivity (Wildman–Crippen MR) is 80.7 cm³/mol. The summed E-state index contributed by atoms with van der Waals surface area (Å²) >= 11 is 5.97. The van der Waals surface area contributed by atoms with Gasteiger partial charge < -0.3 is 10.4 Å². The highest BCUT2D eigenvalue weighted by molar-refractivity contribution is 6.32. The van der Waals surface area contributed by atoms with Crippen molar-refractivity contribution < 1.29 is 5.11 Å². The summed E-state index contributed by atoms with van der Waals surface area (Å²) in [5, 5.41) is 22.8. The lowest BCUT2D eigenvalue weighted by Crippen LogP contribution is -2.30. The molecule has 0 aliphatic heterocycles. The number of rotatable bonds is 4. The highest BCUT2D eigenvalue weighted by Gasteiger charge is 2.22. The van der Waals surface area contributed by atoms with Crippen LogP contribution in [-0.2, 0) is 5.60 Å². The molecule has 1 atom stereocenters. The van der Waals surface area contributed by atoms with Gasteiger partial charge in [0.25, 0.3) is 0 Å². The first-order valence-corrected chi connectivity index (χ1v) is 6.62. The summed E-state index contributed by atoms with van der Waals surface area (Å²) in [6, 6.07) is 16.6. The number of aliphatic hydroxyl groups is 1. The lowest BCUT2D eigenvalue weighted by Gasteiger charge is -2.25. The highest BCUT2D eigenvalue weighted by Crippen LogP contribution is 2.23. The van der Waals surface area contributed by atoms with Gasteiger partial charge in [-0.25, -0.2) is 0 Å². The van der Waals surface area contributed by atoms with Gasteiger partial charge in [0.05, 0.1) is 10.6 Å². The van der Waals surface area contributed by atoms with Gasteiger partial charge in [-0.3, -0.25) is 0 Å². The van der Waals surface area contributed by atoms with Crippen LogP contribution in [0, 0.1) is 11.3 Å². The molecule has 0 radical (unpaired) electrons. The van der Waals surface area contributed by atoms with E-state index in [-0.39, 0.29) is 0 Å². The molecule has 20 heavy (non-hydrogen) atoms. The standard InChI is InChI=1S/C16H15ClN2O/c1-16(20,13-5-3-2-4-6-13)11-19-14-8-7-12(10-18)15(17)9-14/h2-9,19-20H,11H2,1H3. The molecule has 0 saturated heterocycles. The van der Waals surface area contributed by atoms with Gasteiger partial charge in [-0.05, 0) is 30.7 Å². The van der Waals surface area contributed by atoms with Gasteiger partial charge in [-0.2, -0.15) is 5.26 Å². The Morgan fingerprint density at radius 2 is 1.95 bits per heavy atom. The van der Waals surface area contributed by atoms with E-state index in [4.69, 9.17) is 16.9 Å². The number of nitriles is 1. The molecule has 0 aliphatic carbocycles. The van der Waals surface area contributed by atoms with Gasteiger partial charge >= 0.3 is 0 Å². The van der Waals surface area contributed by atoms with E-state index in [1.54, 1.807) is 25.1 Å². The molecule has 4 heteroatoms. The van der Waals surface area contributed by atoms with Crippen molar-refractivity contribution >= 4 is 17.3 Å². The van der Waals surface area contributed by atoms with Crippen LogP contribution in [0.5, 0.6) is 0 Å². The smallest absolute Gasteiger partial charge is 0.104 e. The van der Waals surface area contributed by atoms with E-state index in [0.717, 1.165) is 11.3 Å². The minimum atomic E-state index is -0.984. The Balaban J connectivity index is 2.09. The molecule has 0 aromatic heterocycles. The van der Waals surface area contributed by atoms with Gasteiger partial charge in [0, 0.05) is 12.2 Å². The molecule has 0 fully saturated rings. The van der Waals surface area contributed by atoms with Crippen LogP contribution in [0.3, 0.4) is 0 Å². The zero-order valence-electron chi connectivity index (χ0n) is 11.1. The van der Waals surface area contributed by atoms with Crippen LogP contribution in [-0.4, -0.2) is 11.7 Å². The predicted octanol–water partition coefficient (Wildman–Crippen LogP) is 3.53. The van der Waals surface area contributed by atoms with Gasteiger partial charge in [-0.15, -0.1) is 0 Å². The molecular formula is C16H15ClN2O. The molecule has 2 rings (SSSR count). The molecule has 0 bridgehead atoms. The van der Waals surface area contributed by atoms with Gasteiger partial charge in [0.1, 0.15) is 11.7 Å². The van der Waals surface area contributed by atoms with Gasteiger partial charge in [0.2, 0.25) is 0 Å². The maximum Gasteiger partial charge on any atom is 0.104 e. The molecule has 0 amide bonds. The summed E-state index contributed by atoms with van der Waals surface area (Å²) in [5.41, 5.74) is 1.06. The molecule has 2 N–H and O–H groups in total. The fourth-order valence-electron chi connectivity index (χ4n) is 1.89. The monoisotopic (exact) mass is 286 g/mol. The van der Waals surface area contributed by atoms with Crippen LogP contribution in [0.1, 0.15) is 18.1 Å². The van der Waals surface area contributed by atoms with Crippen molar-refractivity contribution in [3.63, 3.8) is 0 Å². The minimum absolute atomic E-state index is 0.346. The Labute approximate surface area is 123 Å². The molecule has 2 aromatic rings. The van der Waals surface area contributed by atoms with E-state index < -0.39 is 5.60 Å². The molecule has 0 heterocycles. The van der Waals surface area contributed by atoms with Crippen LogP contribution in [0.4, 0.5) is 5.69 Å². The molecule has 1 unspecified atom stereocenters. The number of hydrogen-bond acceptors (Lipinski definition) is 3. The number of anilines is 1. The first kappa shape index (κ1) is 14.4. The van der Waals surface area contributed by atoms with E-state index >= 15 is 0 Å². The third-order valence-corrected chi connectivity index (χ3v) is 3.43. The normalized spacial score (nSPS) is 13.3. The summed E-state index contributed by atoms with van der Waals surface area (Å²) < 4.78 is 0. The zero-order chi connectivity index (χ0) is 14.6. The van der Waals surface area contributed by atoms with Crippen LogP contribution in [0.25, 0.3) is 0 Å². The second-order valence-electron chi connectivity index (χ2n) is 4.80. The molecular weight excluding hydrogens is 272 g/mol. The summed E-state index contributed by atoms with van der Waals surface area (Å²) in [6.45, 7) is 2.10. The van der Waals surface area contributed by atoms with E-state index in [9.17, 15) is 5.11 Å². The van der Waals surface area contributed by atoms with Gasteiger partial charge in [-0.1, -0.05) is 41.9 Å². The van der Waals surface area contributed by atoms with Crippen molar-refractivity contribution in [1.82, 2.24) is 0 Å². The van der Waals surface area contributed by atoms with E-state index in [1.165, 1.54) is 0 Å². The number of hydrogen-bond donors (Lipinski definition) is 2. The van der Waals surface area contributed by atoms with Crippen LogP contribution in [0.2, 0.25) is 5.02 Å². The second kappa shape index (κ2) is 5.96. The topological polar surface area (TPSA) is 56.0 Å². The average molecular weight is 287 g/mol. The Morgan fingerprint density at radius 1 is 1.25 bits per heavy atom. The van der Waals surface area contributed by atoms with Crippen LogP contribution < -0.4 is 5.32 Å². The van der Waals surface area contributed by atoms with Gasteiger partial charge in [0.15, 0.2) is 0 Å². The van der Waals surface area contributed by atoms with Crippen molar-refractivity contribution in [2.24, 2.45) is 0 Å². The number of benzene rings is 2. The van der Waals surface area contributed by atoms with Crippen molar-refractivity contribution in [1.29, 1.82) is 5.26 Å². The fourth-order valence-corrected chi connectivity index (χ4v) is 2.11. The molecule has 0 spiro atoms. The third-order valence-electron chi connectivity index (χ3n) is 3.12. The fraction of sp³-hybridized carbons (Fsp3) is 0.188. The quantitative estimate of drug-likeness (QED) is 0.904. The minimum Gasteiger partial charge on any atom is -0.384 e. The molecule has 3 nitrogen and oxygen atoms in total. The average Bonchev–Trinajstić information content (AvgIpc) is 2.46. The SMILES string of the molecule is CC(O)(CNc1ccc(C#N)c(Cl)c1)c1ccccc1. The Bertz CT molecular complexity index is 633. The Hall–Kier alpha value is -2.02. The van der Waals surface area contributed by atoms with Crippen LogP contribution >= 0.6 is 11.6 Å². The largest absolute Gasteiger partial charge is 0.384 e. The van der Waals surface area contributed by atoms with E-state index in [0.29, 0.717) is 17.1 Å². The maximum absolute atomic E-state index is 10.5. The first-order valence-electron chi connectivity index (χ1n) is 6.24. The van der Waals surface area contributed by atoms with Crippen molar-refractivity contribution in [3.8, 4) is 6.07 Å². The Morgan fingerprint density at radius 3 is 2.55 bits per heavy atom. The lowest BCUT2D eigenvalue weighted by molar-refractivity contribution is 0.0715. The van der Waals surface area contributed by atoms with E-state index in [2.05, 4.69) is 5.32 Å². The molecule has 0 saturated carbocycles. The summed E-state index contributed by atoms with van der Waals surface area (Å²) in [4.78, 5) is 0. The molecule has 0 aliphatic rings. The first-order chi connectivity index (χ1) is 9.53. The maximum atomic E-state index is 10.5. The Kier molecular flexibility index (Phi) is 4.29. The van der Waals surface area contributed by atoms with Crippen molar-refractivity contribution in [3.05, 3.63) is 64.7 Å². The van der Waals surface area contributed by atoms with Crippen molar-refractivity contribution in [2.45, 2.75) is 12.5 Å².